The quantitative estimate of drug-likeness (QED) is 0.196. The van der Waals surface area contributed by atoms with E-state index in [1.807, 2.05) is 48.5 Å². The Bertz CT molecular complexity index is 1390. The molecule has 0 spiro atoms. The average Bonchev–Trinajstić information content (AvgIpc) is 3.57. The lowest BCUT2D eigenvalue weighted by Gasteiger charge is -2.12. The standard InChI is InChI=1S/C28H28N6O2/c1-17(29)25(28(36)32-22-13-12-18-4-2-5-21(18)16-22)34-33-24-7-3-6-23(26(24)35)19-8-10-20(11-9-19)27-30-14-15-31-27/h3,6-13,16,29,33,35H,2,4-5,14-15H2,1H3,(H,30,31)(H,32,36)/b29-17?,34-25-. The molecule has 1 heterocycles. The summed E-state index contributed by atoms with van der Waals surface area (Å²) < 4.78 is 0. The molecule has 0 unspecified atom stereocenters. The van der Waals surface area contributed by atoms with Crippen LogP contribution >= 0.6 is 0 Å². The molecule has 182 valence electrons. The van der Waals surface area contributed by atoms with Gasteiger partial charge in [0.1, 0.15) is 11.6 Å². The molecule has 3 aromatic carbocycles. The van der Waals surface area contributed by atoms with Crippen LogP contribution in [0.4, 0.5) is 11.4 Å². The number of fused-ring (bicyclic) bond motifs is 1. The van der Waals surface area contributed by atoms with Crippen molar-refractivity contribution in [1.29, 1.82) is 5.41 Å². The summed E-state index contributed by atoms with van der Waals surface area (Å²) in [5.41, 5.74) is 8.76. The first-order valence-corrected chi connectivity index (χ1v) is 12.0. The van der Waals surface area contributed by atoms with Crippen LogP contribution in [-0.2, 0) is 17.6 Å². The fourth-order valence-corrected chi connectivity index (χ4v) is 4.53. The first-order chi connectivity index (χ1) is 17.5. The molecule has 3 aromatic rings. The lowest BCUT2D eigenvalue weighted by molar-refractivity contribution is -0.110. The van der Waals surface area contributed by atoms with Gasteiger partial charge in [0.15, 0.2) is 5.71 Å². The molecule has 2 aliphatic rings. The number of amides is 1. The number of amidine groups is 1. The number of hydrogen-bond acceptors (Lipinski definition) is 7. The van der Waals surface area contributed by atoms with Gasteiger partial charge in [-0.25, -0.2) is 0 Å². The number of hydrazone groups is 1. The van der Waals surface area contributed by atoms with Crippen molar-refractivity contribution in [1.82, 2.24) is 5.32 Å². The number of anilines is 2. The highest BCUT2D eigenvalue weighted by Gasteiger charge is 2.18. The Morgan fingerprint density at radius 3 is 2.58 bits per heavy atom. The predicted octanol–water partition coefficient (Wildman–Crippen LogP) is 4.34. The maximum Gasteiger partial charge on any atom is 0.277 e. The first-order valence-electron chi connectivity index (χ1n) is 12.0. The Morgan fingerprint density at radius 2 is 1.83 bits per heavy atom. The fourth-order valence-electron chi connectivity index (χ4n) is 4.53. The van der Waals surface area contributed by atoms with E-state index in [9.17, 15) is 9.90 Å². The number of aromatic hydroxyl groups is 1. The minimum Gasteiger partial charge on any atom is -0.505 e. The van der Waals surface area contributed by atoms with Gasteiger partial charge < -0.3 is 21.1 Å². The lowest BCUT2D eigenvalue weighted by Crippen LogP contribution is -2.29. The molecule has 8 nitrogen and oxygen atoms in total. The van der Waals surface area contributed by atoms with Gasteiger partial charge in [0.2, 0.25) is 0 Å². The summed E-state index contributed by atoms with van der Waals surface area (Å²) in [4.78, 5) is 17.3. The zero-order valence-electron chi connectivity index (χ0n) is 20.1. The highest BCUT2D eigenvalue weighted by molar-refractivity contribution is 6.67. The summed E-state index contributed by atoms with van der Waals surface area (Å²) in [6.07, 6.45) is 3.20. The molecule has 1 amide bonds. The van der Waals surface area contributed by atoms with E-state index in [0.717, 1.165) is 49.3 Å². The topological polar surface area (TPSA) is 122 Å². The third kappa shape index (κ3) is 4.84. The highest BCUT2D eigenvalue weighted by Crippen LogP contribution is 2.35. The van der Waals surface area contributed by atoms with Crippen molar-refractivity contribution in [3.63, 3.8) is 0 Å². The Hall–Kier alpha value is -4.46. The lowest BCUT2D eigenvalue weighted by atomic mass is 10.0. The molecule has 0 atom stereocenters. The SMILES string of the molecule is CC(=N)/C(=N/Nc1cccc(-c2ccc(C3=NCCN3)cc2)c1O)C(=O)Nc1ccc2c(c1)CCC2. The average molecular weight is 481 g/mol. The number of phenolic OH excluding ortho intramolecular Hbond substituents is 1. The zero-order valence-corrected chi connectivity index (χ0v) is 20.1. The number of aliphatic imine (C=N–C) groups is 1. The van der Waals surface area contributed by atoms with Crippen LogP contribution in [-0.4, -0.2) is 41.4 Å². The second kappa shape index (κ2) is 10.0. The minimum atomic E-state index is -0.484. The van der Waals surface area contributed by atoms with E-state index >= 15 is 0 Å². The van der Waals surface area contributed by atoms with Crippen molar-refractivity contribution in [2.75, 3.05) is 23.8 Å². The van der Waals surface area contributed by atoms with E-state index in [0.29, 0.717) is 16.9 Å². The Morgan fingerprint density at radius 1 is 1.06 bits per heavy atom. The number of carbonyl (C=O) groups excluding carboxylic acids is 1. The Balaban J connectivity index is 1.33. The van der Waals surface area contributed by atoms with Gasteiger partial charge >= 0.3 is 0 Å². The van der Waals surface area contributed by atoms with Gasteiger partial charge in [0, 0.05) is 23.4 Å². The van der Waals surface area contributed by atoms with Crippen molar-refractivity contribution in [2.45, 2.75) is 26.2 Å². The molecule has 36 heavy (non-hydrogen) atoms. The smallest absolute Gasteiger partial charge is 0.277 e. The summed E-state index contributed by atoms with van der Waals surface area (Å²) in [6.45, 7) is 3.12. The van der Waals surface area contributed by atoms with Crippen LogP contribution in [0, 0.1) is 5.41 Å². The molecule has 5 rings (SSSR count). The monoisotopic (exact) mass is 480 g/mol. The van der Waals surface area contributed by atoms with Crippen molar-refractivity contribution in [3.8, 4) is 16.9 Å². The molecule has 8 heteroatoms. The predicted molar refractivity (Wildman–Crippen MR) is 145 cm³/mol. The number of hydrogen-bond donors (Lipinski definition) is 5. The van der Waals surface area contributed by atoms with Gasteiger partial charge in [-0.1, -0.05) is 42.5 Å². The normalized spacial score (nSPS) is 14.6. The van der Waals surface area contributed by atoms with Crippen LogP contribution in [0.5, 0.6) is 5.75 Å². The van der Waals surface area contributed by atoms with E-state index in [-0.39, 0.29) is 17.2 Å². The van der Waals surface area contributed by atoms with E-state index in [1.54, 1.807) is 12.1 Å². The molecular weight excluding hydrogens is 452 g/mol. The number of benzene rings is 3. The van der Waals surface area contributed by atoms with Gasteiger partial charge in [-0.15, -0.1) is 0 Å². The second-order valence-electron chi connectivity index (χ2n) is 8.92. The van der Waals surface area contributed by atoms with Crippen molar-refractivity contribution < 1.29 is 9.90 Å². The Labute approximate surface area is 209 Å². The number of para-hydroxylation sites is 1. The second-order valence-corrected chi connectivity index (χ2v) is 8.92. The van der Waals surface area contributed by atoms with E-state index in [4.69, 9.17) is 5.41 Å². The number of carbonyl (C=O) groups is 1. The first kappa shape index (κ1) is 23.3. The summed E-state index contributed by atoms with van der Waals surface area (Å²) in [5.74, 6) is 0.400. The van der Waals surface area contributed by atoms with Crippen molar-refractivity contribution in [3.05, 3.63) is 77.4 Å². The number of phenols is 1. The van der Waals surface area contributed by atoms with Gasteiger partial charge in [0.05, 0.1) is 17.9 Å². The fraction of sp³-hybridized carbons (Fsp3) is 0.214. The van der Waals surface area contributed by atoms with Crippen LogP contribution in [0.25, 0.3) is 11.1 Å². The van der Waals surface area contributed by atoms with Crippen molar-refractivity contribution >= 4 is 34.5 Å². The van der Waals surface area contributed by atoms with Gasteiger partial charge in [-0.3, -0.25) is 15.2 Å². The van der Waals surface area contributed by atoms with E-state index < -0.39 is 5.91 Å². The molecule has 5 N–H and O–H groups in total. The van der Waals surface area contributed by atoms with Crippen LogP contribution in [0.2, 0.25) is 0 Å². The molecular formula is C28H28N6O2. The summed E-state index contributed by atoms with van der Waals surface area (Å²) in [5, 5.41) is 29.2. The number of nitrogens with one attached hydrogen (secondary N) is 4. The van der Waals surface area contributed by atoms with Crippen LogP contribution in [0.15, 0.2) is 70.8 Å². The molecule has 0 saturated heterocycles. The van der Waals surface area contributed by atoms with Crippen LogP contribution in [0.3, 0.4) is 0 Å². The molecule has 0 radical (unpaired) electrons. The Kier molecular flexibility index (Phi) is 6.49. The summed E-state index contributed by atoms with van der Waals surface area (Å²) >= 11 is 0. The van der Waals surface area contributed by atoms with Crippen molar-refractivity contribution in [2.24, 2.45) is 10.1 Å². The molecule has 0 aromatic heterocycles. The van der Waals surface area contributed by atoms with Gasteiger partial charge in [0.25, 0.3) is 5.91 Å². The number of aryl methyl sites for hydroxylation is 2. The van der Waals surface area contributed by atoms with Gasteiger partial charge in [-0.2, -0.15) is 5.10 Å². The highest BCUT2D eigenvalue weighted by atomic mass is 16.3. The number of rotatable bonds is 7. The van der Waals surface area contributed by atoms with Gasteiger partial charge in [-0.05, 0) is 61.1 Å². The molecule has 0 saturated carbocycles. The third-order valence-electron chi connectivity index (χ3n) is 6.39. The van der Waals surface area contributed by atoms with E-state index in [1.165, 1.54) is 18.1 Å². The largest absolute Gasteiger partial charge is 0.505 e. The maximum absolute atomic E-state index is 12.9. The summed E-state index contributed by atoms with van der Waals surface area (Å²) in [7, 11) is 0. The number of nitrogens with zero attached hydrogens (tertiary/aromatic N) is 2. The molecule has 1 aliphatic heterocycles. The molecule has 0 fully saturated rings. The zero-order chi connectivity index (χ0) is 25.1. The van der Waals surface area contributed by atoms with Crippen LogP contribution in [0.1, 0.15) is 30.0 Å². The summed E-state index contributed by atoms with van der Waals surface area (Å²) in [6, 6.07) is 19.0. The molecule has 1 aliphatic carbocycles. The maximum atomic E-state index is 12.9. The minimum absolute atomic E-state index is 0.00588. The third-order valence-corrected chi connectivity index (χ3v) is 6.39. The molecule has 0 bridgehead atoms. The van der Waals surface area contributed by atoms with Crippen LogP contribution < -0.4 is 16.1 Å². The van der Waals surface area contributed by atoms with E-state index in [2.05, 4.69) is 26.2 Å².